The normalized spacial score (nSPS) is 24.5. The first-order valence-corrected chi connectivity index (χ1v) is 8.09. The van der Waals surface area contributed by atoms with Crippen LogP contribution in [0.25, 0.3) is 0 Å². The van der Waals surface area contributed by atoms with Crippen LogP contribution in [0, 0.1) is 17.3 Å². The molecule has 1 saturated heterocycles. The van der Waals surface area contributed by atoms with E-state index in [-0.39, 0.29) is 18.0 Å². The second-order valence-corrected chi connectivity index (χ2v) is 7.34. The molecule has 2 N–H and O–H groups in total. The zero-order valence-corrected chi connectivity index (χ0v) is 13.4. The fourth-order valence-corrected chi connectivity index (χ4v) is 3.14. The Balaban J connectivity index is 1.87. The number of likely N-dealkylation sites (tertiary alicyclic amines) is 1. The van der Waals surface area contributed by atoms with Crippen LogP contribution < -0.4 is 5.32 Å². The minimum atomic E-state index is -0.781. The number of carbonyl (C=O) groups is 2. The van der Waals surface area contributed by atoms with Crippen molar-refractivity contribution in [2.75, 3.05) is 13.1 Å². The Bertz CT molecular complexity index is 404. The number of piperidine rings is 1. The number of carboxylic acid groups (broad SMARTS) is 1. The van der Waals surface area contributed by atoms with Crippen LogP contribution in [0.15, 0.2) is 0 Å². The van der Waals surface area contributed by atoms with Gasteiger partial charge in [-0.3, -0.25) is 4.79 Å². The standard InChI is InChI=1S/C16H28N2O3/c1-11(9-12-6-7-12)17-15(21)18-8-4-5-13(10-18)16(2,3)14(19)20/h11-13H,4-10H2,1-3H3,(H,17,21)(H,19,20). The minimum absolute atomic E-state index is 0.0215. The molecular weight excluding hydrogens is 268 g/mol. The fraction of sp³-hybridized carbons (Fsp3) is 0.875. The smallest absolute Gasteiger partial charge is 0.317 e. The van der Waals surface area contributed by atoms with Crippen molar-refractivity contribution in [3.63, 3.8) is 0 Å². The molecule has 5 heteroatoms. The summed E-state index contributed by atoms with van der Waals surface area (Å²) in [4.78, 5) is 25.5. The van der Waals surface area contributed by atoms with Crippen LogP contribution in [0.1, 0.15) is 52.9 Å². The number of rotatable bonds is 5. The molecule has 2 atom stereocenters. The number of aliphatic carboxylic acids is 1. The highest BCUT2D eigenvalue weighted by Crippen LogP contribution is 2.35. The van der Waals surface area contributed by atoms with Crippen LogP contribution in [0.5, 0.6) is 0 Å². The van der Waals surface area contributed by atoms with Gasteiger partial charge in [0.25, 0.3) is 0 Å². The lowest BCUT2D eigenvalue weighted by molar-refractivity contribution is -0.151. The second kappa shape index (κ2) is 6.24. The van der Waals surface area contributed by atoms with E-state index in [0.29, 0.717) is 6.54 Å². The molecule has 1 aliphatic carbocycles. The van der Waals surface area contributed by atoms with Gasteiger partial charge in [-0.1, -0.05) is 12.8 Å². The zero-order valence-electron chi connectivity index (χ0n) is 13.4. The Hall–Kier alpha value is -1.26. The number of hydrogen-bond donors (Lipinski definition) is 2. The third kappa shape index (κ3) is 4.11. The summed E-state index contributed by atoms with van der Waals surface area (Å²) in [6.45, 7) is 6.85. The van der Waals surface area contributed by atoms with Crippen LogP contribution in [-0.4, -0.2) is 41.1 Å². The second-order valence-electron chi connectivity index (χ2n) is 7.34. The summed E-state index contributed by atoms with van der Waals surface area (Å²) in [6.07, 6.45) is 5.40. The van der Waals surface area contributed by atoms with E-state index in [0.717, 1.165) is 31.7 Å². The molecule has 21 heavy (non-hydrogen) atoms. The molecule has 2 unspecified atom stereocenters. The zero-order chi connectivity index (χ0) is 15.6. The minimum Gasteiger partial charge on any atom is -0.481 e. The van der Waals surface area contributed by atoms with Crippen LogP contribution >= 0.6 is 0 Å². The van der Waals surface area contributed by atoms with Crippen LogP contribution in [-0.2, 0) is 4.79 Å². The van der Waals surface area contributed by atoms with Crippen molar-refractivity contribution in [3.05, 3.63) is 0 Å². The van der Waals surface area contributed by atoms with Crippen LogP contribution in [0.2, 0.25) is 0 Å². The summed E-state index contributed by atoms with van der Waals surface area (Å²) in [5.74, 6) is 0.0328. The third-order valence-corrected chi connectivity index (χ3v) is 5.03. The van der Waals surface area contributed by atoms with Crippen molar-refractivity contribution in [2.45, 2.75) is 58.9 Å². The van der Waals surface area contributed by atoms with Crippen LogP contribution in [0.3, 0.4) is 0 Å². The molecule has 2 fully saturated rings. The Kier molecular flexibility index (Phi) is 4.79. The molecule has 2 aliphatic rings. The SMILES string of the molecule is CC(CC1CC1)NC(=O)N1CCCC(C(C)(C)C(=O)O)C1. The lowest BCUT2D eigenvalue weighted by Gasteiger charge is -2.39. The molecule has 0 bridgehead atoms. The van der Waals surface area contributed by atoms with E-state index in [2.05, 4.69) is 12.2 Å². The van der Waals surface area contributed by atoms with Gasteiger partial charge in [0.05, 0.1) is 5.41 Å². The lowest BCUT2D eigenvalue weighted by Crippen LogP contribution is -2.51. The summed E-state index contributed by atoms with van der Waals surface area (Å²) in [6, 6.07) is 0.173. The van der Waals surface area contributed by atoms with E-state index < -0.39 is 11.4 Å². The van der Waals surface area contributed by atoms with E-state index in [1.54, 1.807) is 18.7 Å². The molecule has 0 spiro atoms. The molecule has 1 heterocycles. The molecule has 0 aromatic carbocycles. The average molecular weight is 296 g/mol. The molecule has 2 rings (SSSR count). The molecule has 1 saturated carbocycles. The van der Waals surface area contributed by atoms with Gasteiger partial charge in [0.15, 0.2) is 0 Å². The Morgan fingerprint density at radius 1 is 1.33 bits per heavy atom. The number of urea groups is 1. The lowest BCUT2D eigenvalue weighted by atomic mass is 9.74. The van der Waals surface area contributed by atoms with Gasteiger partial charge in [-0.05, 0) is 51.9 Å². The summed E-state index contributed by atoms with van der Waals surface area (Å²) < 4.78 is 0. The molecule has 1 aliphatic heterocycles. The number of hydrogen-bond acceptors (Lipinski definition) is 2. The highest BCUT2D eigenvalue weighted by Gasteiger charge is 2.40. The highest BCUT2D eigenvalue weighted by molar-refractivity contribution is 5.76. The summed E-state index contributed by atoms with van der Waals surface area (Å²) >= 11 is 0. The van der Waals surface area contributed by atoms with E-state index in [4.69, 9.17) is 0 Å². The van der Waals surface area contributed by atoms with E-state index in [9.17, 15) is 14.7 Å². The van der Waals surface area contributed by atoms with Crippen molar-refractivity contribution in [2.24, 2.45) is 17.3 Å². The van der Waals surface area contributed by atoms with Gasteiger partial charge in [0, 0.05) is 19.1 Å². The maximum atomic E-state index is 12.3. The molecule has 120 valence electrons. The first-order chi connectivity index (χ1) is 9.80. The molecule has 5 nitrogen and oxygen atoms in total. The number of nitrogens with zero attached hydrogens (tertiary/aromatic N) is 1. The third-order valence-electron chi connectivity index (χ3n) is 5.03. The van der Waals surface area contributed by atoms with Gasteiger partial charge in [-0.25, -0.2) is 4.79 Å². The van der Waals surface area contributed by atoms with Gasteiger partial charge < -0.3 is 15.3 Å². The van der Waals surface area contributed by atoms with Crippen molar-refractivity contribution in [1.82, 2.24) is 10.2 Å². The summed E-state index contributed by atoms with van der Waals surface area (Å²) in [5.41, 5.74) is -0.779. The Morgan fingerprint density at radius 2 is 2.00 bits per heavy atom. The molecule has 2 amide bonds. The summed E-state index contributed by atoms with van der Waals surface area (Å²) in [5, 5.41) is 12.4. The number of nitrogens with one attached hydrogen (secondary N) is 1. The molecule has 0 aromatic heterocycles. The molecular formula is C16H28N2O3. The highest BCUT2D eigenvalue weighted by atomic mass is 16.4. The Labute approximate surface area is 127 Å². The van der Waals surface area contributed by atoms with Gasteiger partial charge in [-0.2, -0.15) is 0 Å². The van der Waals surface area contributed by atoms with Crippen LogP contribution in [0.4, 0.5) is 4.79 Å². The van der Waals surface area contributed by atoms with Gasteiger partial charge >= 0.3 is 12.0 Å². The monoisotopic (exact) mass is 296 g/mol. The predicted octanol–water partition coefficient (Wildman–Crippen LogP) is 2.71. The van der Waals surface area contributed by atoms with Gasteiger partial charge in [0.1, 0.15) is 0 Å². The first-order valence-electron chi connectivity index (χ1n) is 8.09. The van der Waals surface area contributed by atoms with E-state index in [1.165, 1.54) is 12.8 Å². The number of amides is 2. The molecule has 0 aromatic rings. The van der Waals surface area contributed by atoms with Gasteiger partial charge in [0.2, 0.25) is 0 Å². The van der Waals surface area contributed by atoms with Crippen molar-refractivity contribution >= 4 is 12.0 Å². The van der Waals surface area contributed by atoms with Crippen molar-refractivity contribution in [3.8, 4) is 0 Å². The molecule has 0 radical (unpaired) electrons. The topological polar surface area (TPSA) is 69.6 Å². The maximum absolute atomic E-state index is 12.3. The number of carboxylic acids is 1. The number of carbonyl (C=O) groups excluding carboxylic acids is 1. The fourth-order valence-electron chi connectivity index (χ4n) is 3.14. The largest absolute Gasteiger partial charge is 0.481 e. The Morgan fingerprint density at radius 3 is 2.57 bits per heavy atom. The van der Waals surface area contributed by atoms with Crippen molar-refractivity contribution < 1.29 is 14.7 Å². The summed E-state index contributed by atoms with van der Waals surface area (Å²) in [7, 11) is 0. The quantitative estimate of drug-likeness (QED) is 0.819. The van der Waals surface area contributed by atoms with Crippen molar-refractivity contribution in [1.29, 1.82) is 0 Å². The van der Waals surface area contributed by atoms with E-state index in [1.807, 2.05) is 0 Å². The average Bonchev–Trinajstić information content (AvgIpc) is 3.22. The van der Waals surface area contributed by atoms with Gasteiger partial charge in [-0.15, -0.1) is 0 Å². The maximum Gasteiger partial charge on any atom is 0.317 e. The first kappa shape index (κ1) is 16.1. The van der Waals surface area contributed by atoms with E-state index >= 15 is 0 Å². The predicted molar refractivity (Wildman–Crippen MR) is 81.0 cm³/mol.